The molecular formula is C16H14FN5O3. The van der Waals surface area contributed by atoms with Gasteiger partial charge in [-0.25, -0.2) is 4.39 Å². The lowest BCUT2D eigenvalue weighted by Crippen LogP contribution is -2.41. The topological polar surface area (TPSA) is 113 Å². The first-order chi connectivity index (χ1) is 12.1. The molecule has 3 rings (SSSR count). The standard InChI is InChI=1S/C16H14FN5O3/c17-11-5-3-10(4-6-11)15-19-14(25-22-15)8-7-13(23)20-21-16(24)12-2-1-9-18-12/h1-6,9,18H,7-8H2,(H,20,23)(H,21,24). The maximum Gasteiger partial charge on any atom is 0.286 e. The van der Waals surface area contributed by atoms with E-state index in [9.17, 15) is 14.0 Å². The zero-order chi connectivity index (χ0) is 17.6. The monoisotopic (exact) mass is 343 g/mol. The number of aryl methyl sites for hydroxylation is 1. The quantitative estimate of drug-likeness (QED) is 0.609. The molecule has 0 aliphatic rings. The van der Waals surface area contributed by atoms with Gasteiger partial charge < -0.3 is 9.51 Å². The molecule has 2 amide bonds. The van der Waals surface area contributed by atoms with Crippen molar-refractivity contribution in [3.63, 3.8) is 0 Å². The summed E-state index contributed by atoms with van der Waals surface area (Å²) in [4.78, 5) is 30.2. The van der Waals surface area contributed by atoms with E-state index >= 15 is 0 Å². The molecule has 1 aromatic carbocycles. The number of hydrazine groups is 1. The van der Waals surface area contributed by atoms with E-state index in [0.717, 1.165) is 0 Å². The number of nitrogens with zero attached hydrogens (tertiary/aromatic N) is 2. The second-order valence-electron chi connectivity index (χ2n) is 5.10. The summed E-state index contributed by atoms with van der Waals surface area (Å²) in [7, 11) is 0. The number of nitrogens with one attached hydrogen (secondary N) is 3. The summed E-state index contributed by atoms with van der Waals surface area (Å²) in [6, 6.07) is 8.92. The number of aromatic amines is 1. The lowest BCUT2D eigenvalue weighted by atomic mass is 10.2. The molecule has 0 bridgehead atoms. The fourth-order valence-electron chi connectivity index (χ4n) is 2.02. The number of carbonyl (C=O) groups is 2. The molecule has 2 heterocycles. The number of hydrogen-bond acceptors (Lipinski definition) is 5. The van der Waals surface area contributed by atoms with Gasteiger partial charge in [0.15, 0.2) is 0 Å². The van der Waals surface area contributed by atoms with Gasteiger partial charge in [0.1, 0.15) is 11.5 Å². The number of aromatic nitrogens is 3. The van der Waals surface area contributed by atoms with E-state index in [4.69, 9.17) is 4.52 Å². The summed E-state index contributed by atoms with van der Waals surface area (Å²) in [6.07, 6.45) is 1.86. The van der Waals surface area contributed by atoms with Gasteiger partial charge in [-0.1, -0.05) is 5.16 Å². The van der Waals surface area contributed by atoms with Crippen molar-refractivity contribution in [2.75, 3.05) is 0 Å². The third-order valence-electron chi connectivity index (χ3n) is 3.29. The maximum absolute atomic E-state index is 12.9. The molecule has 0 saturated carbocycles. The van der Waals surface area contributed by atoms with Crippen LogP contribution in [0.25, 0.3) is 11.4 Å². The number of amides is 2. The Hall–Kier alpha value is -3.49. The SMILES string of the molecule is O=C(CCc1nc(-c2ccc(F)cc2)no1)NNC(=O)c1ccc[nH]1. The van der Waals surface area contributed by atoms with E-state index in [0.29, 0.717) is 17.1 Å². The third-order valence-corrected chi connectivity index (χ3v) is 3.29. The number of halogens is 1. The zero-order valence-electron chi connectivity index (χ0n) is 13.0. The molecule has 25 heavy (non-hydrogen) atoms. The van der Waals surface area contributed by atoms with Crippen LogP contribution in [0.1, 0.15) is 22.8 Å². The summed E-state index contributed by atoms with van der Waals surface area (Å²) in [5.74, 6) is -0.623. The molecule has 9 heteroatoms. The minimum absolute atomic E-state index is 0.0516. The molecule has 0 atom stereocenters. The van der Waals surface area contributed by atoms with Gasteiger partial charge >= 0.3 is 0 Å². The van der Waals surface area contributed by atoms with E-state index in [1.807, 2.05) is 0 Å². The Labute approximate surface area is 141 Å². The van der Waals surface area contributed by atoms with E-state index in [2.05, 4.69) is 26.0 Å². The predicted molar refractivity (Wildman–Crippen MR) is 84.4 cm³/mol. The number of hydrogen-bond donors (Lipinski definition) is 3. The third kappa shape index (κ3) is 4.28. The highest BCUT2D eigenvalue weighted by atomic mass is 19.1. The summed E-state index contributed by atoms with van der Waals surface area (Å²) in [5.41, 5.74) is 5.53. The fourth-order valence-corrected chi connectivity index (χ4v) is 2.02. The van der Waals surface area contributed by atoms with Crippen LogP contribution in [0.15, 0.2) is 47.1 Å². The second kappa shape index (κ2) is 7.39. The van der Waals surface area contributed by atoms with Crippen LogP contribution in [0.3, 0.4) is 0 Å². The van der Waals surface area contributed by atoms with Crippen molar-refractivity contribution in [3.8, 4) is 11.4 Å². The normalized spacial score (nSPS) is 10.4. The molecule has 0 aliphatic carbocycles. The van der Waals surface area contributed by atoms with E-state index in [1.165, 1.54) is 24.3 Å². The van der Waals surface area contributed by atoms with Gasteiger partial charge in [0.05, 0.1) is 0 Å². The molecule has 8 nitrogen and oxygen atoms in total. The molecule has 2 aromatic heterocycles. The van der Waals surface area contributed by atoms with Crippen LogP contribution in [0.5, 0.6) is 0 Å². The largest absolute Gasteiger partial charge is 0.357 e. The molecule has 0 aliphatic heterocycles. The Morgan fingerprint density at radius 2 is 1.96 bits per heavy atom. The average Bonchev–Trinajstić information content (AvgIpc) is 3.30. The molecule has 0 fully saturated rings. The van der Waals surface area contributed by atoms with Crippen molar-refractivity contribution in [1.29, 1.82) is 0 Å². The average molecular weight is 343 g/mol. The van der Waals surface area contributed by atoms with Crippen molar-refractivity contribution in [2.45, 2.75) is 12.8 Å². The van der Waals surface area contributed by atoms with Crippen molar-refractivity contribution in [2.24, 2.45) is 0 Å². The second-order valence-corrected chi connectivity index (χ2v) is 5.10. The van der Waals surface area contributed by atoms with Crippen LogP contribution in [-0.2, 0) is 11.2 Å². The Morgan fingerprint density at radius 1 is 1.16 bits per heavy atom. The first-order valence-corrected chi connectivity index (χ1v) is 7.43. The smallest absolute Gasteiger partial charge is 0.286 e. The molecular weight excluding hydrogens is 329 g/mol. The van der Waals surface area contributed by atoms with Crippen molar-refractivity contribution < 1.29 is 18.5 Å². The van der Waals surface area contributed by atoms with Gasteiger partial charge in [-0.3, -0.25) is 20.4 Å². The van der Waals surface area contributed by atoms with Gasteiger partial charge in [-0.05, 0) is 36.4 Å². The van der Waals surface area contributed by atoms with Crippen molar-refractivity contribution >= 4 is 11.8 Å². The molecule has 0 radical (unpaired) electrons. The lowest BCUT2D eigenvalue weighted by Gasteiger charge is -2.05. The van der Waals surface area contributed by atoms with Crippen LogP contribution in [0, 0.1) is 5.82 Å². The Kier molecular flexibility index (Phi) is 4.84. The lowest BCUT2D eigenvalue weighted by molar-refractivity contribution is -0.121. The first kappa shape index (κ1) is 16.4. The van der Waals surface area contributed by atoms with Crippen LogP contribution in [0.2, 0.25) is 0 Å². The highest BCUT2D eigenvalue weighted by Gasteiger charge is 2.12. The van der Waals surface area contributed by atoms with E-state index in [-0.39, 0.29) is 24.5 Å². The number of H-pyrrole nitrogens is 1. The summed E-state index contributed by atoms with van der Waals surface area (Å²) in [5, 5.41) is 3.79. The molecule has 0 unspecified atom stereocenters. The molecule has 3 N–H and O–H groups in total. The molecule has 0 saturated heterocycles. The summed E-state index contributed by atoms with van der Waals surface area (Å²) in [6.45, 7) is 0. The van der Waals surface area contributed by atoms with Gasteiger partial charge in [-0.15, -0.1) is 0 Å². The van der Waals surface area contributed by atoms with Crippen LogP contribution in [-0.4, -0.2) is 26.9 Å². The van der Waals surface area contributed by atoms with Crippen LogP contribution >= 0.6 is 0 Å². The van der Waals surface area contributed by atoms with Crippen LogP contribution < -0.4 is 10.9 Å². The molecule has 3 aromatic rings. The number of carbonyl (C=O) groups excluding carboxylic acids is 2. The van der Waals surface area contributed by atoms with Gasteiger partial charge in [0.25, 0.3) is 5.91 Å². The van der Waals surface area contributed by atoms with Crippen LogP contribution in [0.4, 0.5) is 4.39 Å². The van der Waals surface area contributed by atoms with Gasteiger partial charge in [0, 0.05) is 24.6 Å². The van der Waals surface area contributed by atoms with E-state index in [1.54, 1.807) is 18.3 Å². The highest BCUT2D eigenvalue weighted by Crippen LogP contribution is 2.16. The Bertz CT molecular complexity index is 858. The van der Waals surface area contributed by atoms with E-state index < -0.39 is 11.8 Å². The first-order valence-electron chi connectivity index (χ1n) is 7.43. The number of rotatable bonds is 5. The predicted octanol–water partition coefficient (Wildman–Crippen LogP) is 1.60. The minimum atomic E-state index is -0.449. The number of benzene rings is 1. The van der Waals surface area contributed by atoms with Crippen molar-refractivity contribution in [3.05, 3.63) is 60.0 Å². The fraction of sp³-hybridized carbons (Fsp3) is 0.125. The van der Waals surface area contributed by atoms with Crippen molar-refractivity contribution in [1.82, 2.24) is 26.0 Å². The minimum Gasteiger partial charge on any atom is -0.357 e. The molecule has 128 valence electrons. The Balaban J connectivity index is 1.48. The maximum atomic E-state index is 12.9. The van der Waals surface area contributed by atoms with Gasteiger partial charge in [-0.2, -0.15) is 4.98 Å². The van der Waals surface area contributed by atoms with Gasteiger partial charge in [0.2, 0.25) is 17.6 Å². The summed E-state index contributed by atoms with van der Waals surface area (Å²) >= 11 is 0. The zero-order valence-corrected chi connectivity index (χ0v) is 13.0. The highest BCUT2D eigenvalue weighted by molar-refractivity contribution is 5.93. The Morgan fingerprint density at radius 3 is 2.68 bits per heavy atom. The summed E-state index contributed by atoms with van der Waals surface area (Å²) < 4.78 is 18.0. The molecule has 0 spiro atoms.